The van der Waals surface area contributed by atoms with Gasteiger partial charge in [-0.25, -0.2) is 9.78 Å². The third-order valence-corrected chi connectivity index (χ3v) is 6.15. The topological polar surface area (TPSA) is 81.8 Å². The molecule has 0 aliphatic carbocycles. The van der Waals surface area contributed by atoms with Crippen LogP contribution < -0.4 is 4.74 Å². The molecule has 0 radical (unpaired) electrons. The van der Waals surface area contributed by atoms with Gasteiger partial charge in [0.25, 0.3) is 0 Å². The summed E-state index contributed by atoms with van der Waals surface area (Å²) in [6.07, 6.45) is 1.69. The van der Waals surface area contributed by atoms with Gasteiger partial charge in [-0.2, -0.15) is 0 Å². The van der Waals surface area contributed by atoms with E-state index in [4.69, 9.17) is 13.9 Å². The van der Waals surface area contributed by atoms with Gasteiger partial charge in [-0.05, 0) is 60.4 Å². The average Bonchev–Trinajstić information content (AvgIpc) is 3.46. The van der Waals surface area contributed by atoms with E-state index in [-0.39, 0.29) is 0 Å². The quantitative estimate of drug-likeness (QED) is 0.403. The normalized spacial score (nSPS) is 18.0. The molecule has 5 rings (SSSR count). The summed E-state index contributed by atoms with van der Waals surface area (Å²) in [5, 5.41) is 11.7. The molecule has 2 heterocycles. The van der Waals surface area contributed by atoms with Crippen molar-refractivity contribution in [2.75, 3.05) is 6.61 Å². The molecule has 3 aromatic carbocycles. The van der Waals surface area contributed by atoms with Gasteiger partial charge in [0, 0.05) is 18.6 Å². The number of aliphatic carboxylic acids is 1. The molecular formula is C27H25NO5. The molecule has 1 saturated heterocycles. The molecule has 0 amide bonds. The molecule has 0 saturated carbocycles. The smallest absolute Gasteiger partial charge is 0.336 e. The first kappa shape index (κ1) is 21.2. The molecule has 1 N–H and O–H groups in total. The second-order valence-corrected chi connectivity index (χ2v) is 8.45. The van der Waals surface area contributed by atoms with Gasteiger partial charge in [0.2, 0.25) is 5.89 Å². The standard InChI is InChI=1S/C27H25NO5/c1-18-24(28-25(33-18)20-6-3-2-4-7-20)17-31-23-11-10-21-14-19(8-9-22(21)15-23)16-27(26(29)30)12-5-13-32-27/h2-4,6-11,14-15H,5,12-13,16-17H2,1H3,(H,29,30). The Labute approximate surface area is 191 Å². The molecule has 4 aromatic rings. The first-order valence-corrected chi connectivity index (χ1v) is 11.1. The van der Waals surface area contributed by atoms with Crippen molar-refractivity contribution in [3.05, 3.63) is 83.7 Å². The molecule has 6 nitrogen and oxygen atoms in total. The van der Waals surface area contributed by atoms with E-state index in [0.29, 0.717) is 31.9 Å². The van der Waals surface area contributed by atoms with Crippen molar-refractivity contribution in [1.82, 2.24) is 4.98 Å². The van der Waals surface area contributed by atoms with E-state index in [2.05, 4.69) is 4.98 Å². The van der Waals surface area contributed by atoms with Gasteiger partial charge < -0.3 is 19.0 Å². The van der Waals surface area contributed by atoms with Crippen molar-refractivity contribution in [3.8, 4) is 17.2 Å². The monoisotopic (exact) mass is 443 g/mol. The Morgan fingerprint density at radius 3 is 2.64 bits per heavy atom. The Morgan fingerprint density at radius 2 is 1.88 bits per heavy atom. The van der Waals surface area contributed by atoms with Gasteiger partial charge in [-0.3, -0.25) is 0 Å². The van der Waals surface area contributed by atoms with Crippen molar-refractivity contribution in [2.24, 2.45) is 0 Å². The van der Waals surface area contributed by atoms with Gasteiger partial charge in [0.15, 0.2) is 5.60 Å². The summed E-state index contributed by atoms with van der Waals surface area (Å²) in [4.78, 5) is 16.4. The lowest BCUT2D eigenvalue weighted by Gasteiger charge is -2.23. The number of rotatable bonds is 7. The van der Waals surface area contributed by atoms with Crippen LogP contribution in [0.4, 0.5) is 0 Å². The zero-order chi connectivity index (χ0) is 22.8. The van der Waals surface area contributed by atoms with Gasteiger partial charge in [0.1, 0.15) is 23.8 Å². The van der Waals surface area contributed by atoms with Crippen molar-refractivity contribution >= 4 is 16.7 Å². The van der Waals surface area contributed by atoms with Crippen LogP contribution in [0.2, 0.25) is 0 Å². The molecule has 1 atom stereocenters. The summed E-state index contributed by atoms with van der Waals surface area (Å²) < 4.78 is 17.4. The minimum absolute atomic E-state index is 0.310. The van der Waals surface area contributed by atoms with E-state index >= 15 is 0 Å². The molecule has 1 aliphatic rings. The molecule has 6 heteroatoms. The Balaban J connectivity index is 1.30. The molecule has 168 valence electrons. The molecule has 1 unspecified atom stereocenters. The lowest BCUT2D eigenvalue weighted by Crippen LogP contribution is -2.40. The fraction of sp³-hybridized carbons (Fsp3) is 0.259. The Morgan fingerprint density at radius 1 is 1.09 bits per heavy atom. The summed E-state index contributed by atoms with van der Waals surface area (Å²) in [5.41, 5.74) is 1.54. The zero-order valence-electron chi connectivity index (χ0n) is 18.4. The van der Waals surface area contributed by atoms with E-state index < -0.39 is 11.6 Å². The number of aromatic nitrogens is 1. The fourth-order valence-corrected chi connectivity index (χ4v) is 4.30. The maximum absolute atomic E-state index is 11.8. The van der Waals surface area contributed by atoms with Crippen LogP contribution in [0.3, 0.4) is 0 Å². The van der Waals surface area contributed by atoms with Crippen molar-refractivity contribution in [2.45, 2.75) is 38.4 Å². The first-order valence-electron chi connectivity index (χ1n) is 11.1. The predicted octanol–water partition coefficient (Wildman–Crippen LogP) is 5.56. The number of benzene rings is 3. The Bertz CT molecular complexity index is 1290. The molecule has 33 heavy (non-hydrogen) atoms. The van der Waals surface area contributed by atoms with E-state index in [1.165, 1.54) is 0 Å². The third-order valence-electron chi connectivity index (χ3n) is 6.15. The number of fused-ring (bicyclic) bond motifs is 1. The minimum atomic E-state index is -1.11. The highest BCUT2D eigenvalue weighted by molar-refractivity contribution is 5.85. The molecule has 0 bridgehead atoms. The molecular weight excluding hydrogens is 418 g/mol. The number of carboxylic acids is 1. The van der Waals surface area contributed by atoms with Crippen LogP contribution in [0.25, 0.3) is 22.2 Å². The van der Waals surface area contributed by atoms with Crippen LogP contribution in [0.1, 0.15) is 29.9 Å². The summed E-state index contributed by atoms with van der Waals surface area (Å²) in [5.74, 6) is 1.17. The number of carbonyl (C=O) groups is 1. The van der Waals surface area contributed by atoms with Crippen molar-refractivity contribution in [3.63, 3.8) is 0 Å². The van der Waals surface area contributed by atoms with Crippen LogP contribution in [0.5, 0.6) is 5.75 Å². The van der Waals surface area contributed by atoms with Gasteiger partial charge in [-0.1, -0.05) is 42.5 Å². The maximum Gasteiger partial charge on any atom is 0.336 e. The second-order valence-electron chi connectivity index (χ2n) is 8.45. The number of carboxylic acid groups (broad SMARTS) is 1. The molecule has 0 spiro atoms. The Kier molecular flexibility index (Phi) is 5.60. The van der Waals surface area contributed by atoms with E-state index in [0.717, 1.165) is 45.5 Å². The fourth-order valence-electron chi connectivity index (χ4n) is 4.30. The lowest BCUT2D eigenvalue weighted by atomic mass is 9.91. The number of hydrogen-bond acceptors (Lipinski definition) is 5. The summed E-state index contributed by atoms with van der Waals surface area (Å²) in [6, 6.07) is 21.7. The van der Waals surface area contributed by atoms with Gasteiger partial charge >= 0.3 is 5.97 Å². The van der Waals surface area contributed by atoms with Crippen LogP contribution in [-0.4, -0.2) is 28.3 Å². The van der Waals surface area contributed by atoms with Crippen molar-refractivity contribution < 1.29 is 23.8 Å². The first-order chi connectivity index (χ1) is 16.0. The van der Waals surface area contributed by atoms with Crippen LogP contribution in [-0.2, 0) is 22.6 Å². The minimum Gasteiger partial charge on any atom is -0.487 e. The third kappa shape index (κ3) is 4.34. The molecule has 1 aliphatic heterocycles. The summed E-state index contributed by atoms with van der Waals surface area (Å²) in [6.45, 7) is 2.70. The van der Waals surface area contributed by atoms with E-state index in [1.807, 2.05) is 73.7 Å². The summed E-state index contributed by atoms with van der Waals surface area (Å²) in [7, 11) is 0. The van der Waals surface area contributed by atoms with Crippen LogP contribution in [0.15, 0.2) is 71.1 Å². The average molecular weight is 443 g/mol. The van der Waals surface area contributed by atoms with Crippen LogP contribution >= 0.6 is 0 Å². The number of oxazole rings is 1. The van der Waals surface area contributed by atoms with Crippen molar-refractivity contribution in [1.29, 1.82) is 0 Å². The maximum atomic E-state index is 11.8. The lowest BCUT2D eigenvalue weighted by molar-refractivity contribution is -0.159. The van der Waals surface area contributed by atoms with E-state index in [1.54, 1.807) is 0 Å². The Hall–Kier alpha value is -3.64. The summed E-state index contributed by atoms with van der Waals surface area (Å²) >= 11 is 0. The van der Waals surface area contributed by atoms with E-state index in [9.17, 15) is 9.90 Å². The largest absolute Gasteiger partial charge is 0.487 e. The SMILES string of the molecule is Cc1oc(-c2ccccc2)nc1COc1ccc2cc(CC3(C(=O)O)CCCO3)ccc2c1. The van der Waals surface area contributed by atoms with Gasteiger partial charge in [-0.15, -0.1) is 0 Å². The number of hydrogen-bond donors (Lipinski definition) is 1. The molecule has 1 fully saturated rings. The second kappa shape index (κ2) is 8.71. The highest BCUT2D eigenvalue weighted by atomic mass is 16.5. The highest BCUT2D eigenvalue weighted by Gasteiger charge is 2.42. The number of ether oxygens (including phenoxy) is 2. The van der Waals surface area contributed by atoms with Crippen LogP contribution in [0, 0.1) is 6.92 Å². The molecule has 1 aromatic heterocycles. The highest BCUT2D eigenvalue weighted by Crippen LogP contribution is 2.32. The van der Waals surface area contributed by atoms with Gasteiger partial charge in [0.05, 0.1) is 0 Å². The number of nitrogens with zero attached hydrogens (tertiary/aromatic N) is 1. The number of aryl methyl sites for hydroxylation is 1. The zero-order valence-corrected chi connectivity index (χ0v) is 18.4. The predicted molar refractivity (Wildman–Crippen MR) is 124 cm³/mol.